The molecule has 45 heavy (non-hydrogen) atoms. The largest absolute Gasteiger partial charge is 0.115 e. The minimum atomic E-state index is 0.414. The van der Waals surface area contributed by atoms with Gasteiger partial charge < -0.3 is 0 Å². The van der Waals surface area contributed by atoms with Crippen LogP contribution in [0, 0.1) is 30.1 Å². The summed E-state index contributed by atoms with van der Waals surface area (Å²) in [6, 6.07) is 27.2. The summed E-state index contributed by atoms with van der Waals surface area (Å²) in [5.41, 5.74) is 12.3. The van der Waals surface area contributed by atoms with E-state index in [1.165, 1.54) is 70.2 Å². The van der Waals surface area contributed by atoms with Crippen LogP contribution in [-0.4, -0.2) is 0 Å². The Labute approximate surface area is 272 Å². The molecule has 0 nitrogen and oxygen atoms in total. The molecule has 3 aliphatic carbocycles. The van der Waals surface area contributed by atoms with E-state index in [1.54, 1.807) is 0 Å². The highest BCUT2D eigenvalue weighted by Crippen LogP contribution is 2.44. The van der Waals surface area contributed by atoms with E-state index in [4.69, 9.17) is 13.0 Å². The van der Waals surface area contributed by atoms with E-state index in [1.807, 2.05) is 0 Å². The summed E-state index contributed by atoms with van der Waals surface area (Å²) in [5.74, 6) is 5.25. The predicted molar refractivity (Wildman–Crippen MR) is 193 cm³/mol. The highest BCUT2D eigenvalue weighted by molar-refractivity contribution is 5.76. The van der Waals surface area contributed by atoms with Crippen LogP contribution in [0.1, 0.15) is 91.2 Å². The Morgan fingerprint density at radius 1 is 0.911 bits per heavy atom. The van der Waals surface area contributed by atoms with E-state index in [9.17, 15) is 0 Å². The summed E-state index contributed by atoms with van der Waals surface area (Å²) in [7, 11) is 0. The van der Waals surface area contributed by atoms with Gasteiger partial charge in [0.25, 0.3) is 0 Å². The molecule has 3 aliphatic rings. The van der Waals surface area contributed by atoms with Crippen molar-refractivity contribution in [2.24, 2.45) is 17.8 Å². The van der Waals surface area contributed by atoms with E-state index >= 15 is 0 Å². The van der Waals surface area contributed by atoms with Gasteiger partial charge in [0.2, 0.25) is 0 Å². The fourth-order valence-corrected chi connectivity index (χ4v) is 7.82. The van der Waals surface area contributed by atoms with Crippen LogP contribution in [0.15, 0.2) is 127 Å². The molecule has 228 valence electrons. The number of allylic oxidation sites excluding steroid dienone is 9. The maximum Gasteiger partial charge on any atom is 0.0274 e. The first-order valence-corrected chi connectivity index (χ1v) is 17.2. The first-order valence-electron chi connectivity index (χ1n) is 17.2. The highest BCUT2D eigenvalue weighted by Gasteiger charge is 2.30. The molecular weight excluding hydrogens is 540 g/mol. The monoisotopic (exact) mass is 588 g/mol. The molecule has 2 atom stereocenters. The summed E-state index contributed by atoms with van der Waals surface area (Å²) in [6.45, 7) is 6.99. The third-order valence-corrected chi connectivity index (χ3v) is 10.4. The molecule has 0 aliphatic heterocycles. The van der Waals surface area contributed by atoms with Gasteiger partial charge in [-0.2, -0.15) is 0 Å². The van der Waals surface area contributed by atoms with Crippen molar-refractivity contribution >= 4 is 5.57 Å². The third-order valence-electron chi connectivity index (χ3n) is 10.4. The van der Waals surface area contributed by atoms with Gasteiger partial charge in [0.05, 0.1) is 0 Å². The van der Waals surface area contributed by atoms with E-state index in [-0.39, 0.29) is 0 Å². The summed E-state index contributed by atoms with van der Waals surface area (Å²) in [6.07, 6.45) is 31.1. The first kappa shape index (κ1) is 30.9. The van der Waals surface area contributed by atoms with Crippen molar-refractivity contribution in [3.63, 3.8) is 0 Å². The molecule has 0 radical (unpaired) electrons. The van der Waals surface area contributed by atoms with Crippen molar-refractivity contribution in [2.45, 2.75) is 77.0 Å². The Kier molecular flexibility index (Phi) is 10.2. The second-order valence-corrected chi connectivity index (χ2v) is 13.7. The Morgan fingerprint density at radius 2 is 1.71 bits per heavy atom. The van der Waals surface area contributed by atoms with Crippen LogP contribution < -0.4 is 0 Å². The fourth-order valence-electron chi connectivity index (χ4n) is 7.82. The zero-order valence-electron chi connectivity index (χ0n) is 27.1. The average Bonchev–Trinajstić information content (AvgIpc) is 3.77. The zero-order valence-corrected chi connectivity index (χ0v) is 27.1. The lowest BCUT2D eigenvalue weighted by Gasteiger charge is -2.36. The molecule has 3 aromatic rings. The molecule has 0 saturated heterocycles. The number of terminal acetylenes is 1. The number of rotatable bonds is 12. The number of aryl methyl sites for hydroxylation is 2. The molecule has 0 bridgehead atoms. The molecule has 0 N–H and O–H groups in total. The number of benzene rings is 3. The van der Waals surface area contributed by atoms with Crippen molar-refractivity contribution in [1.82, 2.24) is 0 Å². The van der Waals surface area contributed by atoms with Gasteiger partial charge in [0.1, 0.15) is 0 Å². The van der Waals surface area contributed by atoms with Crippen molar-refractivity contribution in [3.8, 4) is 12.3 Å². The van der Waals surface area contributed by atoms with Gasteiger partial charge in [-0.3, -0.25) is 0 Å². The lowest BCUT2D eigenvalue weighted by Crippen LogP contribution is -2.23. The van der Waals surface area contributed by atoms with Crippen LogP contribution in [0.3, 0.4) is 0 Å². The Bertz CT molecular complexity index is 1620. The fraction of sp³-hybridized carbons (Fsp3) is 0.333. The molecule has 6 rings (SSSR count). The van der Waals surface area contributed by atoms with Crippen molar-refractivity contribution in [1.29, 1.82) is 0 Å². The van der Waals surface area contributed by atoms with Crippen LogP contribution in [0.2, 0.25) is 0 Å². The maximum absolute atomic E-state index is 5.89. The second kappa shape index (κ2) is 14.8. The van der Waals surface area contributed by atoms with E-state index in [0.29, 0.717) is 17.8 Å². The molecule has 0 heterocycles. The molecule has 2 unspecified atom stereocenters. The van der Waals surface area contributed by atoms with Crippen molar-refractivity contribution < 1.29 is 0 Å². The molecule has 0 spiro atoms. The molecule has 1 fully saturated rings. The Balaban J connectivity index is 1.12. The number of hydrogen-bond acceptors (Lipinski definition) is 0. The minimum absolute atomic E-state index is 0.414. The van der Waals surface area contributed by atoms with Gasteiger partial charge in [0, 0.05) is 11.5 Å². The summed E-state index contributed by atoms with van der Waals surface area (Å²) in [5, 5.41) is 0. The maximum atomic E-state index is 5.89. The van der Waals surface area contributed by atoms with Gasteiger partial charge in [-0.05, 0) is 121 Å². The van der Waals surface area contributed by atoms with E-state index < -0.39 is 0 Å². The Hall–Kier alpha value is -4.08. The van der Waals surface area contributed by atoms with Gasteiger partial charge >= 0.3 is 0 Å². The topological polar surface area (TPSA) is 0 Å². The predicted octanol–water partition coefficient (Wildman–Crippen LogP) is 11.4. The van der Waals surface area contributed by atoms with Gasteiger partial charge in [-0.25, -0.2) is 0 Å². The smallest absolute Gasteiger partial charge is 0.0274 e. The van der Waals surface area contributed by atoms with Crippen LogP contribution in [0.4, 0.5) is 0 Å². The van der Waals surface area contributed by atoms with Crippen LogP contribution in [0.25, 0.3) is 5.57 Å². The van der Waals surface area contributed by atoms with Crippen molar-refractivity contribution in [3.05, 3.63) is 160 Å². The third kappa shape index (κ3) is 7.96. The van der Waals surface area contributed by atoms with Crippen LogP contribution in [0.5, 0.6) is 0 Å². The van der Waals surface area contributed by atoms with Gasteiger partial charge in [0.15, 0.2) is 0 Å². The second-order valence-electron chi connectivity index (χ2n) is 13.7. The summed E-state index contributed by atoms with van der Waals surface area (Å²) >= 11 is 0. The molecule has 1 saturated carbocycles. The van der Waals surface area contributed by atoms with Gasteiger partial charge in [-0.15, -0.1) is 6.42 Å². The molecular formula is C45H48. The molecule has 3 aromatic carbocycles. The summed E-state index contributed by atoms with van der Waals surface area (Å²) < 4.78 is 0. The lowest BCUT2D eigenvalue weighted by atomic mass is 9.69. The lowest BCUT2D eigenvalue weighted by molar-refractivity contribution is 0.252. The minimum Gasteiger partial charge on any atom is -0.115 e. The number of hydrogen-bond donors (Lipinski definition) is 0. The molecule has 0 aromatic heterocycles. The molecule has 0 amide bonds. The van der Waals surface area contributed by atoms with Crippen LogP contribution in [-0.2, 0) is 19.3 Å². The normalized spacial score (nSPS) is 21.3. The van der Waals surface area contributed by atoms with Crippen molar-refractivity contribution in [2.75, 3.05) is 0 Å². The van der Waals surface area contributed by atoms with E-state index in [0.717, 1.165) is 50.0 Å². The highest BCUT2D eigenvalue weighted by atomic mass is 14.3. The quantitative estimate of drug-likeness (QED) is 0.146. The van der Waals surface area contributed by atoms with Gasteiger partial charge in [-0.1, -0.05) is 134 Å². The SMILES string of the molecule is C#Cc1ccc(CC2CCC(C(C(=C)CCc3ccccc3)c3ccc(C4=CC(C)C=C4)cc3)CC2)cc1CCC1=CC=CC1. The first-order chi connectivity index (χ1) is 22.1. The molecule has 0 heteroatoms. The zero-order chi connectivity index (χ0) is 31.0. The standard InChI is InChI=1S/C45H48/c1-4-39-22-20-38(32-44(39)25-17-36-12-8-9-13-36)31-37-18-23-41(24-19-37)45(34(3)15-16-35-10-6-5-7-11-35)42-28-26-40(27-29-42)43-21-14-33(2)30-43/h1,5-12,14,20-22,26-30,32-33,37,41,45H,3,13,15-19,23-25,31H2,2H3. The average molecular weight is 589 g/mol. The van der Waals surface area contributed by atoms with Crippen LogP contribution >= 0.6 is 0 Å². The Morgan fingerprint density at radius 3 is 2.40 bits per heavy atom. The summed E-state index contributed by atoms with van der Waals surface area (Å²) in [4.78, 5) is 0. The van der Waals surface area contributed by atoms with E-state index in [2.05, 4.69) is 122 Å².